The van der Waals surface area contributed by atoms with Gasteiger partial charge in [0.1, 0.15) is 7.85 Å². The van der Waals surface area contributed by atoms with Crippen LogP contribution in [0.5, 0.6) is 0 Å². The largest absolute Gasteiger partial charge is 0.310 e. The van der Waals surface area contributed by atoms with Crippen LogP contribution in [-0.4, -0.2) is 12.4 Å². The van der Waals surface area contributed by atoms with E-state index in [0.29, 0.717) is 0 Å². The third-order valence-corrected chi connectivity index (χ3v) is 4.06. The molecule has 0 bridgehead atoms. The predicted molar refractivity (Wildman–Crippen MR) is 88.9 cm³/mol. The van der Waals surface area contributed by atoms with Gasteiger partial charge in [-0.15, -0.1) is 0 Å². The molecule has 96 valence electrons. The third-order valence-electron chi connectivity index (χ3n) is 4.06. The molecule has 0 spiro atoms. The van der Waals surface area contributed by atoms with Crippen molar-refractivity contribution in [2.45, 2.75) is 12.8 Å². The standard InChI is InChI=1S/C18H16BN/c19-13-6-5-7-14(12-13)20-17-10-3-1-8-15(17)16-9-2-4-11-18(16)20/h1,3,5-12H,2,4,19H2. The zero-order valence-electron chi connectivity index (χ0n) is 11.6. The Hall–Kier alpha value is -2.22. The molecule has 3 aromatic rings. The molecule has 2 heteroatoms. The fraction of sp³-hybridized carbons (Fsp3) is 0.111. The zero-order chi connectivity index (χ0) is 13.5. The summed E-state index contributed by atoms with van der Waals surface area (Å²) in [5.41, 5.74) is 3.86. The number of aromatic nitrogens is 1. The number of rotatable bonds is 1. The quantitative estimate of drug-likeness (QED) is 0.578. The average molecular weight is 257 g/mol. The van der Waals surface area contributed by atoms with Crippen LogP contribution < -0.4 is 16.0 Å². The Labute approximate surface area is 119 Å². The van der Waals surface area contributed by atoms with Crippen molar-refractivity contribution >= 4 is 36.4 Å². The number of para-hydroxylation sites is 1. The number of fused-ring (bicyclic) bond motifs is 3. The Balaban J connectivity index is 2.20. The first-order valence-corrected chi connectivity index (χ1v) is 7.21. The summed E-state index contributed by atoms with van der Waals surface area (Å²) in [6, 6.07) is 17.5. The highest BCUT2D eigenvalue weighted by Gasteiger charge is 2.10. The lowest BCUT2D eigenvalue weighted by Gasteiger charge is -2.08. The van der Waals surface area contributed by atoms with Gasteiger partial charge < -0.3 is 4.57 Å². The molecule has 4 rings (SSSR count). The normalized spacial score (nSPS) is 13.6. The fourth-order valence-corrected chi connectivity index (χ4v) is 3.19. The van der Waals surface area contributed by atoms with E-state index in [9.17, 15) is 0 Å². The van der Waals surface area contributed by atoms with Crippen molar-refractivity contribution in [2.75, 3.05) is 0 Å². The molecular weight excluding hydrogens is 241 g/mol. The molecule has 1 aromatic heterocycles. The zero-order valence-corrected chi connectivity index (χ0v) is 11.6. The molecule has 0 aliphatic heterocycles. The van der Waals surface area contributed by atoms with Crippen molar-refractivity contribution in [3.05, 3.63) is 59.1 Å². The summed E-state index contributed by atoms with van der Waals surface area (Å²) in [6.45, 7) is 0. The summed E-state index contributed by atoms with van der Waals surface area (Å²) in [4.78, 5) is 0. The lowest BCUT2D eigenvalue weighted by Crippen LogP contribution is -2.30. The van der Waals surface area contributed by atoms with E-state index in [1.807, 2.05) is 0 Å². The van der Waals surface area contributed by atoms with Gasteiger partial charge in [0.05, 0.1) is 5.52 Å². The molecule has 0 fully saturated rings. The lowest BCUT2D eigenvalue weighted by molar-refractivity contribution is 1.03. The van der Waals surface area contributed by atoms with E-state index >= 15 is 0 Å². The lowest BCUT2D eigenvalue weighted by atomic mass is 9.96. The number of hydrogen-bond acceptors (Lipinski definition) is 0. The van der Waals surface area contributed by atoms with Crippen LogP contribution in [0.15, 0.2) is 48.5 Å². The van der Waals surface area contributed by atoms with Crippen LogP contribution in [0.25, 0.3) is 28.7 Å². The van der Waals surface area contributed by atoms with Gasteiger partial charge in [-0.25, -0.2) is 0 Å². The van der Waals surface area contributed by atoms with E-state index in [2.05, 4.69) is 73.1 Å². The maximum Gasteiger partial charge on any atom is 0.139 e. The minimum absolute atomic E-state index is 1.13. The first-order chi connectivity index (χ1) is 9.84. The minimum Gasteiger partial charge on any atom is -0.310 e. The van der Waals surface area contributed by atoms with Crippen molar-refractivity contribution in [3.63, 3.8) is 0 Å². The van der Waals surface area contributed by atoms with Gasteiger partial charge in [-0.3, -0.25) is 0 Å². The topological polar surface area (TPSA) is 4.93 Å². The molecule has 0 amide bonds. The van der Waals surface area contributed by atoms with Crippen molar-refractivity contribution < 1.29 is 0 Å². The van der Waals surface area contributed by atoms with Crippen LogP contribution >= 0.6 is 0 Å². The molecule has 0 saturated heterocycles. The summed E-state index contributed by atoms with van der Waals surface area (Å²) in [5.74, 6) is 0. The van der Waals surface area contributed by atoms with Crippen LogP contribution in [0.3, 0.4) is 0 Å². The van der Waals surface area contributed by atoms with Gasteiger partial charge in [0, 0.05) is 21.6 Å². The molecule has 0 saturated carbocycles. The highest BCUT2D eigenvalue weighted by molar-refractivity contribution is 6.32. The monoisotopic (exact) mass is 257 g/mol. The van der Waals surface area contributed by atoms with Gasteiger partial charge in [0.2, 0.25) is 0 Å². The van der Waals surface area contributed by atoms with Gasteiger partial charge in [-0.05, 0) is 31.0 Å². The second-order valence-electron chi connectivity index (χ2n) is 5.48. The van der Waals surface area contributed by atoms with Gasteiger partial charge in [0.15, 0.2) is 0 Å². The summed E-state index contributed by atoms with van der Waals surface area (Å²) in [7, 11) is 2.15. The first-order valence-electron chi connectivity index (χ1n) is 7.21. The third kappa shape index (κ3) is 1.65. The molecule has 0 radical (unpaired) electrons. The van der Waals surface area contributed by atoms with Crippen LogP contribution in [-0.2, 0) is 0 Å². The fourth-order valence-electron chi connectivity index (χ4n) is 3.19. The van der Waals surface area contributed by atoms with Gasteiger partial charge >= 0.3 is 0 Å². The number of hydrogen-bond donors (Lipinski definition) is 0. The van der Waals surface area contributed by atoms with E-state index in [0.717, 1.165) is 12.8 Å². The predicted octanol–water partition coefficient (Wildman–Crippen LogP) is 1.24. The van der Waals surface area contributed by atoms with Gasteiger partial charge in [0.25, 0.3) is 0 Å². The Morgan fingerprint density at radius 1 is 0.900 bits per heavy atom. The molecule has 0 N–H and O–H groups in total. The van der Waals surface area contributed by atoms with Gasteiger partial charge in [-0.1, -0.05) is 47.9 Å². The highest BCUT2D eigenvalue weighted by atomic mass is 15.0. The highest BCUT2D eigenvalue weighted by Crippen LogP contribution is 2.15. The second kappa shape index (κ2) is 4.41. The molecular formula is C18H16BN. The molecule has 1 nitrogen and oxygen atoms in total. The van der Waals surface area contributed by atoms with Crippen LogP contribution in [0.4, 0.5) is 0 Å². The van der Waals surface area contributed by atoms with E-state index in [4.69, 9.17) is 0 Å². The number of benzene rings is 2. The Morgan fingerprint density at radius 3 is 2.65 bits per heavy atom. The number of nitrogens with zero attached hydrogens (tertiary/aromatic N) is 1. The Morgan fingerprint density at radius 2 is 1.75 bits per heavy atom. The van der Waals surface area contributed by atoms with Crippen molar-refractivity contribution in [1.29, 1.82) is 0 Å². The van der Waals surface area contributed by atoms with E-state index < -0.39 is 0 Å². The molecule has 1 aliphatic carbocycles. The van der Waals surface area contributed by atoms with Crippen LogP contribution in [0.1, 0.15) is 12.8 Å². The first kappa shape index (κ1) is 11.6. The Kier molecular flexibility index (Phi) is 2.56. The SMILES string of the molecule is Bc1cccc(-n2c3c(c4ccccc42)=CCCC=3)c1. The van der Waals surface area contributed by atoms with Gasteiger partial charge in [-0.2, -0.15) is 0 Å². The van der Waals surface area contributed by atoms with Crippen molar-refractivity contribution in [3.8, 4) is 5.69 Å². The van der Waals surface area contributed by atoms with E-state index in [-0.39, 0.29) is 0 Å². The summed E-state index contributed by atoms with van der Waals surface area (Å²) < 4.78 is 2.40. The summed E-state index contributed by atoms with van der Waals surface area (Å²) >= 11 is 0. The van der Waals surface area contributed by atoms with E-state index in [1.165, 1.54) is 32.6 Å². The molecule has 1 aliphatic rings. The van der Waals surface area contributed by atoms with Crippen molar-refractivity contribution in [1.82, 2.24) is 4.57 Å². The minimum atomic E-state index is 1.13. The smallest absolute Gasteiger partial charge is 0.139 e. The maximum atomic E-state index is 2.40. The summed E-state index contributed by atoms with van der Waals surface area (Å²) in [5, 5.41) is 4.11. The van der Waals surface area contributed by atoms with Crippen LogP contribution in [0.2, 0.25) is 0 Å². The molecule has 0 unspecified atom stereocenters. The Bertz CT molecular complexity index is 918. The molecule has 1 heterocycles. The van der Waals surface area contributed by atoms with Crippen molar-refractivity contribution in [2.24, 2.45) is 0 Å². The summed E-state index contributed by atoms with van der Waals surface area (Å²) in [6.07, 6.45) is 7.03. The second-order valence-corrected chi connectivity index (χ2v) is 5.48. The maximum absolute atomic E-state index is 2.40. The molecule has 20 heavy (non-hydrogen) atoms. The van der Waals surface area contributed by atoms with E-state index in [1.54, 1.807) is 0 Å². The molecule has 2 aromatic carbocycles. The van der Waals surface area contributed by atoms with Crippen LogP contribution in [0, 0.1) is 0 Å². The average Bonchev–Trinajstić information content (AvgIpc) is 2.82. The molecule has 0 atom stereocenters.